The Bertz CT molecular complexity index is 1130. The van der Waals surface area contributed by atoms with Crippen LogP contribution in [0.4, 0.5) is 4.39 Å². The van der Waals surface area contributed by atoms with Gasteiger partial charge in [0.1, 0.15) is 16.5 Å². The third kappa shape index (κ3) is 3.30. The van der Waals surface area contributed by atoms with Crippen LogP contribution in [0.3, 0.4) is 0 Å². The largest absolute Gasteiger partial charge is 0.292 e. The van der Waals surface area contributed by atoms with Gasteiger partial charge in [-0.2, -0.15) is 0 Å². The average molecular weight is 399 g/mol. The van der Waals surface area contributed by atoms with Crippen molar-refractivity contribution in [3.8, 4) is 0 Å². The summed E-state index contributed by atoms with van der Waals surface area (Å²) in [5, 5.41) is 0.697. The minimum absolute atomic E-state index is 0.0627. The minimum Gasteiger partial charge on any atom is -0.292 e. The summed E-state index contributed by atoms with van der Waals surface area (Å²) >= 11 is 1.63. The van der Waals surface area contributed by atoms with Gasteiger partial charge in [-0.1, -0.05) is 6.92 Å². The molecule has 0 fully saturated rings. The lowest BCUT2D eigenvalue weighted by Crippen LogP contribution is -2.29. The summed E-state index contributed by atoms with van der Waals surface area (Å²) < 4.78 is 15.1. The van der Waals surface area contributed by atoms with Crippen molar-refractivity contribution in [3.63, 3.8) is 0 Å². The summed E-state index contributed by atoms with van der Waals surface area (Å²) in [4.78, 5) is 33.1. The highest BCUT2D eigenvalue weighted by atomic mass is 32.1. The number of aromatic nitrogens is 2. The Labute approximate surface area is 167 Å². The molecule has 4 rings (SSSR count). The smallest absolute Gasteiger partial charge is 0.262 e. The van der Waals surface area contributed by atoms with E-state index in [4.69, 9.17) is 4.98 Å². The van der Waals surface area contributed by atoms with Crippen LogP contribution in [0.25, 0.3) is 10.2 Å². The molecule has 2 aromatic heterocycles. The van der Waals surface area contributed by atoms with Gasteiger partial charge in [-0.05, 0) is 68.4 Å². The average Bonchev–Trinajstić information content (AvgIpc) is 3.05. The van der Waals surface area contributed by atoms with Gasteiger partial charge in [0, 0.05) is 16.9 Å². The molecule has 1 aliphatic carbocycles. The minimum atomic E-state index is -0.339. The van der Waals surface area contributed by atoms with Crippen molar-refractivity contribution in [2.75, 3.05) is 0 Å². The van der Waals surface area contributed by atoms with Crippen molar-refractivity contribution in [2.45, 2.75) is 58.9 Å². The fourth-order valence-electron chi connectivity index (χ4n) is 3.91. The Morgan fingerprint density at radius 1 is 1.29 bits per heavy atom. The fraction of sp³-hybridized carbons (Fsp3) is 0.409. The number of Topliss-reactive ketones (excluding diaryl/α,β-unsaturated/α-hetero) is 1. The molecule has 0 aliphatic heterocycles. The molecule has 0 spiro atoms. The molecule has 0 saturated carbocycles. The first kappa shape index (κ1) is 19.0. The zero-order valence-corrected chi connectivity index (χ0v) is 17.0. The number of hydrogen-bond acceptors (Lipinski definition) is 4. The monoisotopic (exact) mass is 398 g/mol. The molecule has 0 N–H and O–H groups in total. The van der Waals surface area contributed by atoms with Gasteiger partial charge >= 0.3 is 0 Å². The normalized spacial score (nSPS) is 13.7. The van der Waals surface area contributed by atoms with Gasteiger partial charge in [-0.15, -0.1) is 11.3 Å². The van der Waals surface area contributed by atoms with Crippen LogP contribution in [0.2, 0.25) is 0 Å². The van der Waals surface area contributed by atoms with Gasteiger partial charge in [-0.25, -0.2) is 9.37 Å². The predicted octanol–water partition coefficient (Wildman–Crippen LogP) is 4.62. The van der Waals surface area contributed by atoms with Gasteiger partial charge in [0.15, 0.2) is 5.78 Å². The number of carbonyl (C=O) groups excluding carboxylic acids is 1. The molecule has 4 nitrogen and oxygen atoms in total. The second kappa shape index (κ2) is 7.59. The van der Waals surface area contributed by atoms with Crippen LogP contribution in [0, 0.1) is 12.7 Å². The lowest BCUT2D eigenvalue weighted by Gasteiger charge is -2.13. The third-order valence-electron chi connectivity index (χ3n) is 5.41. The molecule has 0 atom stereocenters. The summed E-state index contributed by atoms with van der Waals surface area (Å²) in [6, 6.07) is 4.32. The molecule has 0 unspecified atom stereocenters. The highest BCUT2D eigenvalue weighted by molar-refractivity contribution is 7.18. The summed E-state index contributed by atoms with van der Waals surface area (Å²) in [6.45, 7) is 3.60. The van der Waals surface area contributed by atoms with E-state index < -0.39 is 0 Å². The fourth-order valence-corrected chi connectivity index (χ4v) is 5.18. The number of fused-ring (bicyclic) bond motifs is 3. The van der Waals surface area contributed by atoms with Crippen molar-refractivity contribution in [1.82, 2.24) is 9.55 Å². The number of nitrogens with zero attached hydrogens (tertiary/aromatic N) is 2. The topological polar surface area (TPSA) is 52.0 Å². The lowest BCUT2D eigenvalue weighted by molar-refractivity contribution is 0.0969. The van der Waals surface area contributed by atoms with E-state index in [2.05, 4.69) is 0 Å². The summed E-state index contributed by atoms with van der Waals surface area (Å²) in [5.41, 5.74) is 1.86. The number of benzene rings is 1. The Balaban J connectivity index is 1.81. The first-order valence-corrected chi connectivity index (χ1v) is 10.6. The lowest BCUT2D eigenvalue weighted by atomic mass is 9.97. The number of halogens is 1. The van der Waals surface area contributed by atoms with E-state index in [1.54, 1.807) is 24.3 Å². The highest BCUT2D eigenvalue weighted by Gasteiger charge is 2.23. The standard InChI is InChI=1S/C22H23FN2O2S/c1-3-6-19-24-21-20(15-7-4-5-8-18(15)28-21)22(27)25(19)12-17(26)14-9-10-16(23)13(2)11-14/h9-11H,3-8,12H2,1-2H3. The van der Waals surface area contributed by atoms with Gasteiger partial charge in [0.05, 0.1) is 11.9 Å². The molecule has 2 heterocycles. The second-order valence-corrected chi connectivity index (χ2v) is 8.53. The van der Waals surface area contributed by atoms with Crippen molar-refractivity contribution >= 4 is 27.3 Å². The summed E-state index contributed by atoms with van der Waals surface area (Å²) in [5.74, 6) is 0.118. The quantitative estimate of drug-likeness (QED) is 0.589. The number of carbonyl (C=O) groups is 1. The summed E-state index contributed by atoms with van der Waals surface area (Å²) in [6.07, 6.45) is 5.63. The zero-order valence-electron chi connectivity index (χ0n) is 16.2. The first-order valence-electron chi connectivity index (χ1n) is 9.83. The molecule has 0 saturated heterocycles. The van der Waals surface area contributed by atoms with Gasteiger partial charge in [0.2, 0.25) is 0 Å². The van der Waals surface area contributed by atoms with Crippen LogP contribution < -0.4 is 5.56 Å². The van der Waals surface area contributed by atoms with E-state index in [0.717, 1.165) is 42.5 Å². The number of aryl methyl sites for hydroxylation is 4. The van der Waals surface area contributed by atoms with Crippen molar-refractivity contribution < 1.29 is 9.18 Å². The second-order valence-electron chi connectivity index (χ2n) is 7.45. The molecule has 1 aliphatic rings. The predicted molar refractivity (Wildman–Crippen MR) is 110 cm³/mol. The Morgan fingerprint density at radius 2 is 2.07 bits per heavy atom. The maximum atomic E-state index is 13.5. The van der Waals surface area contributed by atoms with Crippen LogP contribution >= 0.6 is 11.3 Å². The molecule has 0 amide bonds. The zero-order chi connectivity index (χ0) is 19.8. The molecule has 28 heavy (non-hydrogen) atoms. The van der Waals surface area contributed by atoms with E-state index in [1.165, 1.54) is 21.6 Å². The van der Waals surface area contributed by atoms with E-state index >= 15 is 0 Å². The van der Waals surface area contributed by atoms with Crippen molar-refractivity contribution in [1.29, 1.82) is 0 Å². The Morgan fingerprint density at radius 3 is 2.82 bits per heavy atom. The molecule has 1 aromatic carbocycles. The van der Waals surface area contributed by atoms with E-state index in [-0.39, 0.29) is 23.7 Å². The summed E-state index contributed by atoms with van der Waals surface area (Å²) in [7, 11) is 0. The van der Waals surface area contributed by atoms with Gasteiger partial charge in [-0.3, -0.25) is 14.2 Å². The third-order valence-corrected chi connectivity index (χ3v) is 6.59. The first-order chi connectivity index (χ1) is 13.5. The van der Waals surface area contributed by atoms with Crippen molar-refractivity contribution in [3.05, 3.63) is 61.8 Å². The molecule has 3 aromatic rings. The molecule has 0 radical (unpaired) electrons. The van der Waals surface area contributed by atoms with E-state index in [1.807, 2.05) is 6.92 Å². The van der Waals surface area contributed by atoms with Gasteiger partial charge < -0.3 is 0 Å². The van der Waals surface area contributed by atoms with Crippen LogP contribution in [-0.4, -0.2) is 15.3 Å². The maximum Gasteiger partial charge on any atom is 0.262 e. The van der Waals surface area contributed by atoms with Gasteiger partial charge in [0.25, 0.3) is 5.56 Å². The maximum absolute atomic E-state index is 13.5. The molecule has 146 valence electrons. The number of thiophene rings is 1. The Hall–Kier alpha value is -2.34. The van der Waals surface area contributed by atoms with E-state index in [9.17, 15) is 14.0 Å². The molecule has 6 heteroatoms. The molecular formula is C22H23FN2O2S. The number of rotatable bonds is 5. The SMILES string of the molecule is CCCc1nc2sc3c(c2c(=O)n1CC(=O)c1ccc(F)c(C)c1)CCCC3. The van der Waals surface area contributed by atoms with E-state index in [0.29, 0.717) is 28.8 Å². The van der Waals surface area contributed by atoms with Crippen LogP contribution in [-0.2, 0) is 25.8 Å². The van der Waals surface area contributed by atoms with Crippen LogP contribution in [0.1, 0.15) is 58.4 Å². The number of hydrogen-bond donors (Lipinski definition) is 0. The van der Waals surface area contributed by atoms with Crippen molar-refractivity contribution in [2.24, 2.45) is 0 Å². The number of ketones is 1. The molecule has 0 bridgehead atoms. The highest BCUT2D eigenvalue weighted by Crippen LogP contribution is 2.33. The van der Waals surface area contributed by atoms with Crippen LogP contribution in [0.15, 0.2) is 23.0 Å². The molecular weight excluding hydrogens is 375 g/mol. The Kier molecular flexibility index (Phi) is 5.15. The van der Waals surface area contributed by atoms with Crippen LogP contribution in [0.5, 0.6) is 0 Å².